The predicted octanol–water partition coefficient (Wildman–Crippen LogP) is 4.24. The van der Waals surface area contributed by atoms with Crippen molar-refractivity contribution in [1.82, 2.24) is 4.98 Å². The van der Waals surface area contributed by atoms with Crippen LogP contribution >= 0.6 is 0 Å². The third kappa shape index (κ3) is 2.57. The van der Waals surface area contributed by atoms with Gasteiger partial charge < -0.3 is 14.2 Å². The first kappa shape index (κ1) is 15.2. The standard InChI is InChI=1S/C19H19NO3/c1-12-8-9-14-13(6-5-7-16(14)20-12)15-10-11-17(21-2)19(23-4)18(15)22-3/h5-11H,1-4H3. The van der Waals surface area contributed by atoms with E-state index >= 15 is 0 Å². The molecule has 0 saturated carbocycles. The Morgan fingerprint density at radius 2 is 1.52 bits per heavy atom. The molecular weight excluding hydrogens is 290 g/mol. The zero-order valence-corrected chi connectivity index (χ0v) is 13.7. The fraction of sp³-hybridized carbons (Fsp3) is 0.211. The smallest absolute Gasteiger partial charge is 0.203 e. The van der Waals surface area contributed by atoms with E-state index in [4.69, 9.17) is 14.2 Å². The number of nitrogens with zero attached hydrogens (tertiary/aromatic N) is 1. The molecule has 1 heterocycles. The first-order valence-corrected chi connectivity index (χ1v) is 7.35. The molecule has 118 valence electrons. The summed E-state index contributed by atoms with van der Waals surface area (Å²) in [5, 5.41) is 1.07. The van der Waals surface area contributed by atoms with Crippen molar-refractivity contribution >= 4 is 10.9 Å². The lowest BCUT2D eigenvalue weighted by atomic mass is 9.99. The van der Waals surface area contributed by atoms with Gasteiger partial charge in [0.1, 0.15) is 0 Å². The van der Waals surface area contributed by atoms with E-state index in [2.05, 4.69) is 17.1 Å². The molecule has 0 aliphatic carbocycles. The highest BCUT2D eigenvalue weighted by molar-refractivity contribution is 5.97. The zero-order chi connectivity index (χ0) is 16.4. The second-order valence-corrected chi connectivity index (χ2v) is 5.21. The number of aromatic nitrogens is 1. The molecule has 4 heteroatoms. The van der Waals surface area contributed by atoms with E-state index in [9.17, 15) is 0 Å². The van der Waals surface area contributed by atoms with Crippen LogP contribution in [0.4, 0.5) is 0 Å². The summed E-state index contributed by atoms with van der Waals surface area (Å²) in [6.45, 7) is 1.99. The minimum Gasteiger partial charge on any atom is -0.493 e. The maximum atomic E-state index is 5.61. The van der Waals surface area contributed by atoms with E-state index in [0.717, 1.165) is 27.7 Å². The highest BCUT2D eigenvalue weighted by Crippen LogP contribution is 2.45. The number of hydrogen-bond acceptors (Lipinski definition) is 4. The second-order valence-electron chi connectivity index (χ2n) is 5.21. The van der Waals surface area contributed by atoms with E-state index < -0.39 is 0 Å². The molecule has 4 nitrogen and oxygen atoms in total. The van der Waals surface area contributed by atoms with Crippen LogP contribution in [0.25, 0.3) is 22.0 Å². The van der Waals surface area contributed by atoms with E-state index in [1.54, 1.807) is 21.3 Å². The molecule has 1 aromatic heterocycles. The van der Waals surface area contributed by atoms with E-state index in [0.29, 0.717) is 17.2 Å². The maximum Gasteiger partial charge on any atom is 0.203 e. The van der Waals surface area contributed by atoms with Gasteiger partial charge in [-0.2, -0.15) is 0 Å². The highest BCUT2D eigenvalue weighted by Gasteiger charge is 2.18. The Morgan fingerprint density at radius 3 is 2.22 bits per heavy atom. The van der Waals surface area contributed by atoms with Crippen LogP contribution in [0.2, 0.25) is 0 Å². The largest absolute Gasteiger partial charge is 0.493 e. The van der Waals surface area contributed by atoms with Crippen LogP contribution in [0.3, 0.4) is 0 Å². The minimum absolute atomic E-state index is 0.588. The van der Waals surface area contributed by atoms with Gasteiger partial charge in [0.15, 0.2) is 11.5 Å². The molecule has 0 spiro atoms. The molecule has 3 aromatic rings. The number of ether oxygens (including phenoxy) is 3. The SMILES string of the molecule is COc1ccc(-c2cccc3nc(C)ccc23)c(OC)c1OC. The van der Waals surface area contributed by atoms with Crippen LogP contribution in [0.1, 0.15) is 5.69 Å². The van der Waals surface area contributed by atoms with Crippen LogP contribution in [0.5, 0.6) is 17.2 Å². The van der Waals surface area contributed by atoms with Gasteiger partial charge in [-0.3, -0.25) is 4.98 Å². The van der Waals surface area contributed by atoms with Gasteiger partial charge in [-0.05, 0) is 36.8 Å². The van der Waals surface area contributed by atoms with Crippen molar-refractivity contribution in [2.75, 3.05) is 21.3 Å². The van der Waals surface area contributed by atoms with Crippen molar-refractivity contribution in [3.05, 3.63) is 48.2 Å². The number of aryl methyl sites for hydroxylation is 1. The number of rotatable bonds is 4. The number of methoxy groups -OCH3 is 3. The van der Waals surface area contributed by atoms with Gasteiger partial charge in [0.2, 0.25) is 5.75 Å². The molecule has 0 atom stereocenters. The zero-order valence-electron chi connectivity index (χ0n) is 13.7. The van der Waals surface area contributed by atoms with Gasteiger partial charge in [-0.25, -0.2) is 0 Å². The Kier molecular flexibility index (Phi) is 4.06. The van der Waals surface area contributed by atoms with Crippen LogP contribution in [0.15, 0.2) is 42.5 Å². The summed E-state index contributed by atoms with van der Waals surface area (Å²) in [5.74, 6) is 1.88. The molecule has 0 bridgehead atoms. The first-order valence-electron chi connectivity index (χ1n) is 7.35. The van der Waals surface area contributed by atoms with Crippen molar-refractivity contribution in [2.45, 2.75) is 6.92 Å². The Hall–Kier alpha value is -2.75. The minimum atomic E-state index is 0.588. The third-order valence-electron chi connectivity index (χ3n) is 3.87. The average molecular weight is 309 g/mol. The molecule has 0 unspecified atom stereocenters. The molecule has 0 N–H and O–H groups in total. The summed E-state index contributed by atoms with van der Waals surface area (Å²) in [4.78, 5) is 4.60. The van der Waals surface area contributed by atoms with Crippen molar-refractivity contribution in [2.24, 2.45) is 0 Å². The molecule has 3 rings (SSSR count). The third-order valence-corrected chi connectivity index (χ3v) is 3.87. The van der Waals surface area contributed by atoms with Gasteiger partial charge >= 0.3 is 0 Å². The molecule has 23 heavy (non-hydrogen) atoms. The monoisotopic (exact) mass is 309 g/mol. The van der Waals surface area contributed by atoms with Crippen LogP contribution in [-0.4, -0.2) is 26.3 Å². The molecule has 2 aromatic carbocycles. The van der Waals surface area contributed by atoms with Gasteiger partial charge in [0.25, 0.3) is 0 Å². The van der Waals surface area contributed by atoms with Gasteiger partial charge in [-0.1, -0.05) is 18.2 Å². The Bertz CT molecular complexity index is 859. The highest BCUT2D eigenvalue weighted by atomic mass is 16.5. The summed E-state index contributed by atoms with van der Waals surface area (Å²) < 4.78 is 16.5. The van der Waals surface area contributed by atoms with E-state index in [1.807, 2.05) is 37.3 Å². The van der Waals surface area contributed by atoms with Gasteiger partial charge in [0.05, 0.1) is 26.8 Å². The van der Waals surface area contributed by atoms with Crippen LogP contribution in [-0.2, 0) is 0 Å². The first-order chi connectivity index (χ1) is 11.2. The lowest BCUT2D eigenvalue weighted by Crippen LogP contribution is -1.97. The molecule has 0 saturated heterocycles. The van der Waals surface area contributed by atoms with E-state index in [1.165, 1.54) is 0 Å². The Labute approximate surface area is 135 Å². The maximum absolute atomic E-state index is 5.61. The lowest BCUT2D eigenvalue weighted by molar-refractivity contribution is 0.325. The van der Waals surface area contributed by atoms with Crippen molar-refractivity contribution in [1.29, 1.82) is 0 Å². The summed E-state index contributed by atoms with van der Waals surface area (Å²) in [5.41, 5.74) is 3.95. The predicted molar refractivity (Wildman–Crippen MR) is 91.6 cm³/mol. The topological polar surface area (TPSA) is 40.6 Å². The normalized spacial score (nSPS) is 10.6. The molecule has 0 radical (unpaired) electrons. The van der Waals surface area contributed by atoms with Crippen molar-refractivity contribution in [3.63, 3.8) is 0 Å². The number of fused-ring (bicyclic) bond motifs is 1. The van der Waals surface area contributed by atoms with Gasteiger partial charge in [0, 0.05) is 16.6 Å². The number of pyridine rings is 1. The van der Waals surface area contributed by atoms with Gasteiger partial charge in [-0.15, -0.1) is 0 Å². The molecule has 0 amide bonds. The molecule has 0 fully saturated rings. The van der Waals surface area contributed by atoms with Crippen molar-refractivity contribution in [3.8, 4) is 28.4 Å². The Morgan fingerprint density at radius 1 is 0.739 bits per heavy atom. The lowest BCUT2D eigenvalue weighted by Gasteiger charge is -2.17. The van der Waals surface area contributed by atoms with E-state index in [-0.39, 0.29) is 0 Å². The second kappa shape index (κ2) is 6.16. The number of benzene rings is 2. The summed E-state index contributed by atoms with van der Waals surface area (Å²) in [6, 6.07) is 14.0. The van der Waals surface area contributed by atoms with Crippen LogP contribution < -0.4 is 14.2 Å². The van der Waals surface area contributed by atoms with Crippen LogP contribution in [0, 0.1) is 6.92 Å². The number of hydrogen-bond donors (Lipinski definition) is 0. The van der Waals surface area contributed by atoms with Crippen molar-refractivity contribution < 1.29 is 14.2 Å². The molecular formula is C19H19NO3. The average Bonchev–Trinajstić information content (AvgIpc) is 2.59. The Balaban J connectivity index is 2.31. The quantitative estimate of drug-likeness (QED) is 0.723. The molecule has 0 aliphatic heterocycles. The fourth-order valence-electron chi connectivity index (χ4n) is 2.81. The molecule has 0 aliphatic rings. The fourth-order valence-corrected chi connectivity index (χ4v) is 2.81. The summed E-state index contributed by atoms with van der Waals surface area (Å²) >= 11 is 0. The summed E-state index contributed by atoms with van der Waals surface area (Å²) in [6.07, 6.45) is 0. The summed E-state index contributed by atoms with van der Waals surface area (Å²) in [7, 11) is 4.86.